The van der Waals surface area contributed by atoms with Crippen molar-refractivity contribution in [2.24, 2.45) is 0 Å². The van der Waals surface area contributed by atoms with Crippen LogP contribution in [0.25, 0.3) is 0 Å². The van der Waals surface area contributed by atoms with Crippen LogP contribution in [0.3, 0.4) is 0 Å². The van der Waals surface area contributed by atoms with Crippen LogP contribution in [0.1, 0.15) is 23.6 Å². The van der Waals surface area contributed by atoms with Crippen molar-refractivity contribution in [1.82, 2.24) is 0 Å². The maximum Gasteiger partial charge on any atom is 0.0516 e. The maximum atomic E-state index is 5.91. The summed E-state index contributed by atoms with van der Waals surface area (Å²) in [6, 6.07) is 12.7. The summed E-state index contributed by atoms with van der Waals surface area (Å²) in [7, 11) is 0. The first-order chi connectivity index (χ1) is 9.45. The standard InChI is InChI=1S/C17H19BrClN/c1-11-8-12(2)17(16(18)9-11)20-13(3)10-14-4-6-15(19)7-5-14/h4-9,13,20H,10H2,1-3H3. The number of benzene rings is 2. The highest BCUT2D eigenvalue weighted by atomic mass is 79.9. The number of nitrogens with one attached hydrogen (secondary N) is 1. The summed E-state index contributed by atoms with van der Waals surface area (Å²) in [5.74, 6) is 0. The third kappa shape index (κ3) is 4.00. The fraction of sp³-hybridized carbons (Fsp3) is 0.294. The highest BCUT2D eigenvalue weighted by Gasteiger charge is 2.09. The molecule has 0 aliphatic carbocycles. The molecule has 0 aliphatic heterocycles. The van der Waals surface area contributed by atoms with Gasteiger partial charge in [0.25, 0.3) is 0 Å². The van der Waals surface area contributed by atoms with Gasteiger partial charge < -0.3 is 5.32 Å². The van der Waals surface area contributed by atoms with Gasteiger partial charge in [0.1, 0.15) is 0 Å². The highest BCUT2D eigenvalue weighted by molar-refractivity contribution is 9.10. The van der Waals surface area contributed by atoms with Gasteiger partial charge in [-0.1, -0.05) is 29.8 Å². The normalized spacial score (nSPS) is 12.2. The van der Waals surface area contributed by atoms with Crippen LogP contribution in [0.15, 0.2) is 40.9 Å². The molecule has 0 amide bonds. The second-order valence-electron chi connectivity index (χ2n) is 5.31. The van der Waals surface area contributed by atoms with E-state index in [-0.39, 0.29) is 0 Å². The summed E-state index contributed by atoms with van der Waals surface area (Å²) < 4.78 is 1.12. The van der Waals surface area contributed by atoms with E-state index in [1.807, 2.05) is 12.1 Å². The van der Waals surface area contributed by atoms with Gasteiger partial charge in [-0.05, 0) is 78.0 Å². The number of hydrogen-bond donors (Lipinski definition) is 1. The van der Waals surface area contributed by atoms with E-state index < -0.39 is 0 Å². The zero-order chi connectivity index (χ0) is 14.7. The molecule has 0 aromatic heterocycles. The van der Waals surface area contributed by atoms with E-state index in [4.69, 9.17) is 11.6 Å². The van der Waals surface area contributed by atoms with Crippen LogP contribution in [0.2, 0.25) is 5.02 Å². The zero-order valence-electron chi connectivity index (χ0n) is 12.0. The molecule has 0 radical (unpaired) electrons. The predicted octanol–water partition coefficient (Wildman–Crippen LogP) is 5.76. The molecule has 0 aliphatic rings. The molecule has 2 rings (SSSR count). The van der Waals surface area contributed by atoms with Gasteiger partial charge in [0, 0.05) is 15.5 Å². The van der Waals surface area contributed by atoms with E-state index in [0.29, 0.717) is 6.04 Å². The number of hydrogen-bond acceptors (Lipinski definition) is 1. The Balaban J connectivity index is 2.08. The topological polar surface area (TPSA) is 12.0 Å². The lowest BCUT2D eigenvalue weighted by Gasteiger charge is -2.19. The largest absolute Gasteiger partial charge is 0.381 e. The number of anilines is 1. The van der Waals surface area contributed by atoms with Crippen molar-refractivity contribution in [3.8, 4) is 0 Å². The maximum absolute atomic E-state index is 5.91. The van der Waals surface area contributed by atoms with Crippen molar-refractivity contribution in [1.29, 1.82) is 0 Å². The van der Waals surface area contributed by atoms with Crippen LogP contribution in [0.4, 0.5) is 5.69 Å². The Kier molecular flexibility index (Phi) is 5.11. The van der Waals surface area contributed by atoms with E-state index in [0.717, 1.165) is 15.9 Å². The molecule has 20 heavy (non-hydrogen) atoms. The lowest BCUT2D eigenvalue weighted by molar-refractivity contribution is 0.788. The average Bonchev–Trinajstić information content (AvgIpc) is 2.36. The van der Waals surface area contributed by atoms with Crippen LogP contribution in [0, 0.1) is 13.8 Å². The van der Waals surface area contributed by atoms with E-state index in [1.54, 1.807) is 0 Å². The van der Waals surface area contributed by atoms with Crippen molar-refractivity contribution in [3.63, 3.8) is 0 Å². The molecule has 3 heteroatoms. The monoisotopic (exact) mass is 351 g/mol. The lowest BCUT2D eigenvalue weighted by Crippen LogP contribution is -2.19. The van der Waals surface area contributed by atoms with Gasteiger partial charge in [0.05, 0.1) is 5.69 Å². The summed E-state index contributed by atoms with van der Waals surface area (Å²) in [6.07, 6.45) is 0.969. The minimum atomic E-state index is 0.355. The molecule has 0 fully saturated rings. The van der Waals surface area contributed by atoms with E-state index >= 15 is 0 Å². The molecule has 1 atom stereocenters. The molecule has 1 unspecified atom stereocenters. The first kappa shape index (κ1) is 15.4. The minimum Gasteiger partial charge on any atom is -0.381 e. The summed E-state index contributed by atoms with van der Waals surface area (Å²) in [6.45, 7) is 6.44. The molecule has 0 heterocycles. The summed E-state index contributed by atoms with van der Waals surface area (Å²) in [4.78, 5) is 0. The summed E-state index contributed by atoms with van der Waals surface area (Å²) in [5.41, 5.74) is 5.00. The van der Waals surface area contributed by atoms with Crippen molar-refractivity contribution in [2.45, 2.75) is 33.2 Å². The lowest BCUT2D eigenvalue weighted by atomic mass is 10.1. The summed E-state index contributed by atoms with van der Waals surface area (Å²) in [5, 5.41) is 4.37. The third-order valence-corrected chi connectivity index (χ3v) is 4.16. The second-order valence-corrected chi connectivity index (χ2v) is 6.61. The van der Waals surface area contributed by atoms with E-state index in [1.165, 1.54) is 22.4 Å². The molecule has 0 saturated heterocycles. The Labute approximate surface area is 134 Å². The van der Waals surface area contributed by atoms with E-state index in [9.17, 15) is 0 Å². The molecule has 1 N–H and O–H groups in total. The first-order valence-electron chi connectivity index (χ1n) is 6.73. The van der Waals surface area contributed by atoms with Crippen LogP contribution in [-0.4, -0.2) is 6.04 Å². The third-order valence-electron chi connectivity index (χ3n) is 3.28. The van der Waals surface area contributed by atoms with Gasteiger partial charge >= 0.3 is 0 Å². The Morgan fingerprint density at radius 2 is 1.80 bits per heavy atom. The first-order valence-corrected chi connectivity index (χ1v) is 7.90. The SMILES string of the molecule is Cc1cc(C)c(NC(C)Cc2ccc(Cl)cc2)c(Br)c1. The molecular formula is C17H19BrClN. The number of halogens is 2. The Morgan fingerprint density at radius 1 is 1.15 bits per heavy atom. The highest BCUT2D eigenvalue weighted by Crippen LogP contribution is 2.28. The molecular weight excluding hydrogens is 334 g/mol. The van der Waals surface area contributed by atoms with Crippen molar-refractivity contribution >= 4 is 33.2 Å². The van der Waals surface area contributed by atoms with Crippen LogP contribution >= 0.6 is 27.5 Å². The van der Waals surface area contributed by atoms with Gasteiger partial charge in [-0.25, -0.2) is 0 Å². The minimum absolute atomic E-state index is 0.355. The van der Waals surface area contributed by atoms with Gasteiger partial charge in [-0.3, -0.25) is 0 Å². The Bertz CT molecular complexity index is 569. The Morgan fingerprint density at radius 3 is 2.40 bits per heavy atom. The van der Waals surface area contributed by atoms with Crippen molar-refractivity contribution in [2.75, 3.05) is 5.32 Å². The molecule has 0 bridgehead atoms. The number of aryl methyl sites for hydroxylation is 2. The van der Waals surface area contributed by atoms with Gasteiger partial charge in [-0.2, -0.15) is 0 Å². The van der Waals surface area contributed by atoms with Crippen LogP contribution in [0.5, 0.6) is 0 Å². The zero-order valence-corrected chi connectivity index (χ0v) is 14.3. The second kappa shape index (κ2) is 6.64. The molecule has 106 valence electrons. The van der Waals surface area contributed by atoms with Crippen molar-refractivity contribution < 1.29 is 0 Å². The Hall–Kier alpha value is -0.990. The molecule has 2 aromatic carbocycles. The van der Waals surface area contributed by atoms with Gasteiger partial charge in [0.15, 0.2) is 0 Å². The van der Waals surface area contributed by atoms with Crippen LogP contribution in [-0.2, 0) is 6.42 Å². The molecule has 0 spiro atoms. The average molecular weight is 353 g/mol. The smallest absolute Gasteiger partial charge is 0.0516 e. The fourth-order valence-electron chi connectivity index (χ4n) is 2.37. The van der Waals surface area contributed by atoms with Gasteiger partial charge in [-0.15, -0.1) is 0 Å². The van der Waals surface area contributed by atoms with Crippen molar-refractivity contribution in [3.05, 3.63) is 62.6 Å². The van der Waals surface area contributed by atoms with E-state index in [2.05, 4.69) is 66.3 Å². The van der Waals surface area contributed by atoms with Crippen LogP contribution < -0.4 is 5.32 Å². The molecule has 2 aromatic rings. The summed E-state index contributed by atoms with van der Waals surface area (Å²) >= 11 is 9.55. The predicted molar refractivity (Wildman–Crippen MR) is 91.9 cm³/mol. The molecule has 0 saturated carbocycles. The fourth-order valence-corrected chi connectivity index (χ4v) is 3.28. The molecule has 1 nitrogen and oxygen atoms in total. The number of rotatable bonds is 4. The van der Waals surface area contributed by atoms with Gasteiger partial charge in [0.2, 0.25) is 0 Å². The quantitative estimate of drug-likeness (QED) is 0.737.